The lowest BCUT2D eigenvalue weighted by Crippen LogP contribution is -2.16. The average molecular weight is 230 g/mol. The lowest BCUT2D eigenvalue weighted by atomic mass is 10.2. The van der Waals surface area contributed by atoms with E-state index >= 15 is 0 Å². The lowest BCUT2D eigenvalue weighted by Gasteiger charge is -2.15. The summed E-state index contributed by atoms with van der Waals surface area (Å²) in [6, 6.07) is 5.39. The van der Waals surface area contributed by atoms with E-state index in [0.717, 1.165) is 18.7 Å². The summed E-state index contributed by atoms with van der Waals surface area (Å²) in [6.07, 6.45) is 0.926. The molecule has 0 radical (unpaired) electrons. The molecular weight excluding hydrogens is 214 g/mol. The van der Waals surface area contributed by atoms with Gasteiger partial charge in [0.25, 0.3) is 0 Å². The minimum atomic E-state index is 0.103. The van der Waals surface area contributed by atoms with Crippen molar-refractivity contribution in [3.05, 3.63) is 23.2 Å². The Morgan fingerprint density at radius 1 is 1.53 bits per heavy atom. The standard InChI is InChI=1S/C11H16ClNO2/c1-8(5-6-15-2)13-9-3-4-11(14)10(12)7-9/h3-4,7-8,13-14H,5-6H2,1-2H3. The van der Waals surface area contributed by atoms with Gasteiger partial charge in [-0.15, -0.1) is 0 Å². The molecule has 0 aromatic heterocycles. The predicted octanol–water partition coefficient (Wildman–Crippen LogP) is 2.88. The van der Waals surface area contributed by atoms with Gasteiger partial charge in [-0.25, -0.2) is 0 Å². The van der Waals surface area contributed by atoms with Gasteiger partial charge in [0.2, 0.25) is 0 Å². The molecule has 1 unspecified atom stereocenters. The zero-order chi connectivity index (χ0) is 11.3. The summed E-state index contributed by atoms with van der Waals surface area (Å²) in [6.45, 7) is 2.79. The molecule has 15 heavy (non-hydrogen) atoms. The Balaban J connectivity index is 2.53. The second-order valence-corrected chi connectivity index (χ2v) is 3.90. The van der Waals surface area contributed by atoms with E-state index < -0.39 is 0 Å². The molecule has 0 aliphatic rings. The third-order valence-corrected chi connectivity index (χ3v) is 2.42. The first-order valence-electron chi connectivity index (χ1n) is 4.87. The first-order valence-corrected chi connectivity index (χ1v) is 5.25. The summed E-state index contributed by atoms with van der Waals surface area (Å²) in [5, 5.41) is 12.9. The number of methoxy groups -OCH3 is 1. The number of phenols is 1. The largest absolute Gasteiger partial charge is 0.506 e. The monoisotopic (exact) mass is 229 g/mol. The van der Waals surface area contributed by atoms with Crippen molar-refractivity contribution < 1.29 is 9.84 Å². The van der Waals surface area contributed by atoms with Gasteiger partial charge < -0.3 is 15.2 Å². The molecule has 0 bridgehead atoms. The van der Waals surface area contributed by atoms with Crippen LogP contribution in [0.3, 0.4) is 0 Å². The molecule has 2 N–H and O–H groups in total. The number of hydrogen-bond donors (Lipinski definition) is 2. The van der Waals surface area contributed by atoms with Gasteiger partial charge in [-0.2, -0.15) is 0 Å². The van der Waals surface area contributed by atoms with Crippen LogP contribution in [0.1, 0.15) is 13.3 Å². The topological polar surface area (TPSA) is 41.5 Å². The normalized spacial score (nSPS) is 12.5. The van der Waals surface area contributed by atoms with Gasteiger partial charge in [-0.1, -0.05) is 11.6 Å². The predicted molar refractivity (Wildman–Crippen MR) is 62.7 cm³/mol. The van der Waals surface area contributed by atoms with Crippen LogP contribution in [-0.2, 0) is 4.74 Å². The number of rotatable bonds is 5. The van der Waals surface area contributed by atoms with Crippen LogP contribution in [0.5, 0.6) is 5.75 Å². The molecule has 0 fully saturated rings. The molecule has 84 valence electrons. The van der Waals surface area contributed by atoms with E-state index in [1.54, 1.807) is 25.3 Å². The summed E-state index contributed by atoms with van der Waals surface area (Å²) in [7, 11) is 1.68. The van der Waals surface area contributed by atoms with E-state index in [1.165, 1.54) is 0 Å². The first-order chi connectivity index (χ1) is 7.13. The summed E-state index contributed by atoms with van der Waals surface area (Å²) >= 11 is 5.79. The Hall–Kier alpha value is -0.930. The van der Waals surface area contributed by atoms with Crippen molar-refractivity contribution in [2.45, 2.75) is 19.4 Å². The van der Waals surface area contributed by atoms with Crippen molar-refractivity contribution in [3.63, 3.8) is 0 Å². The van der Waals surface area contributed by atoms with Crippen LogP contribution in [-0.4, -0.2) is 24.9 Å². The highest BCUT2D eigenvalue weighted by Crippen LogP contribution is 2.26. The lowest BCUT2D eigenvalue weighted by molar-refractivity contribution is 0.191. The fraction of sp³-hybridized carbons (Fsp3) is 0.455. The maximum Gasteiger partial charge on any atom is 0.134 e. The van der Waals surface area contributed by atoms with Gasteiger partial charge in [0.1, 0.15) is 5.75 Å². The van der Waals surface area contributed by atoms with Crippen LogP contribution in [0.15, 0.2) is 18.2 Å². The molecule has 1 aromatic carbocycles. The Kier molecular flexibility index (Phi) is 4.72. The summed E-state index contributed by atoms with van der Waals surface area (Å²) < 4.78 is 4.99. The van der Waals surface area contributed by atoms with Crippen LogP contribution in [0.2, 0.25) is 5.02 Å². The van der Waals surface area contributed by atoms with Gasteiger partial charge in [-0.3, -0.25) is 0 Å². The smallest absolute Gasteiger partial charge is 0.134 e. The quantitative estimate of drug-likeness (QED) is 0.763. The molecule has 1 atom stereocenters. The molecule has 0 amide bonds. The third kappa shape index (κ3) is 3.98. The van der Waals surface area contributed by atoms with Crippen molar-refractivity contribution >= 4 is 17.3 Å². The zero-order valence-corrected chi connectivity index (χ0v) is 9.71. The average Bonchev–Trinajstić information content (AvgIpc) is 2.20. The Labute approximate surface area is 95.0 Å². The molecule has 1 rings (SSSR count). The minimum Gasteiger partial charge on any atom is -0.506 e. The highest BCUT2D eigenvalue weighted by molar-refractivity contribution is 6.32. The van der Waals surface area contributed by atoms with Crippen molar-refractivity contribution in [1.29, 1.82) is 0 Å². The van der Waals surface area contributed by atoms with E-state index in [0.29, 0.717) is 11.1 Å². The van der Waals surface area contributed by atoms with E-state index in [2.05, 4.69) is 12.2 Å². The second-order valence-electron chi connectivity index (χ2n) is 3.49. The minimum absolute atomic E-state index is 0.103. The van der Waals surface area contributed by atoms with Crippen LogP contribution >= 0.6 is 11.6 Å². The molecule has 4 heteroatoms. The molecule has 0 saturated carbocycles. The molecule has 0 aliphatic heterocycles. The van der Waals surface area contributed by atoms with E-state index in [4.69, 9.17) is 16.3 Å². The molecule has 0 saturated heterocycles. The van der Waals surface area contributed by atoms with Crippen LogP contribution in [0.25, 0.3) is 0 Å². The zero-order valence-electron chi connectivity index (χ0n) is 8.96. The third-order valence-electron chi connectivity index (χ3n) is 2.12. The maximum absolute atomic E-state index is 9.24. The van der Waals surface area contributed by atoms with Crippen molar-refractivity contribution in [2.24, 2.45) is 0 Å². The molecule has 0 spiro atoms. The van der Waals surface area contributed by atoms with Gasteiger partial charge in [-0.05, 0) is 31.5 Å². The summed E-state index contributed by atoms with van der Waals surface area (Å²) in [5.41, 5.74) is 0.904. The number of ether oxygens (including phenoxy) is 1. The Morgan fingerprint density at radius 2 is 2.27 bits per heavy atom. The van der Waals surface area contributed by atoms with E-state index in [9.17, 15) is 5.11 Å². The fourth-order valence-corrected chi connectivity index (χ4v) is 1.43. The summed E-state index contributed by atoms with van der Waals surface area (Å²) in [4.78, 5) is 0. The molecule has 3 nitrogen and oxygen atoms in total. The second kappa shape index (κ2) is 5.83. The van der Waals surface area contributed by atoms with Crippen LogP contribution in [0, 0.1) is 0 Å². The fourth-order valence-electron chi connectivity index (χ4n) is 1.25. The van der Waals surface area contributed by atoms with Crippen molar-refractivity contribution in [2.75, 3.05) is 19.0 Å². The van der Waals surface area contributed by atoms with Gasteiger partial charge in [0.15, 0.2) is 0 Å². The van der Waals surface area contributed by atoms with Crippen LogP contribution < -0.4 is 5.32 Å². The van der Waals surface area contributed by atoms with Gasteiger partial charge >= 0.3 is 0 Å². The first kappa shape index (κ1) is 12.1. The number of hydrogen-bond acceptors (Lipinski definition) is 3. The van der Waals surface area contributed by atoms with Crippen molar-refractivity contribution in [1.82, 2.24) is 0 Å². The summed E-state index contributed by atoms with van der Waals surface area (Å²) in [5.74, 6) is 0.103. The SMILES string of the molecule is COCCC(C)Nc1ccc(O)c(Cl)c1. The highest BCUT2D eigenvalue weighted by atomic mass is 35.5. The van der Waals surface area contributed by atoms with E-state index in [-0.39, 0.29) is 5.75 Å². The number of anilines is 1. The number of aromatic hydroxyl groups is 1. The van der Waals surface area contributed by atoms with Gasteiger partial charge in [0.05, 0.1) is 5.02 Å². The van der Waals surface area contributed by atoms with E-state index in [1.807, 2.05) is 0 Å². The van der Waals surface area contributed by atoms with Gasteiger partial charge in [0, 0.05) is 25.4 Å². The van der Waals surface area contributed by atoms with Crippen LogP contribution in [0.4, 0.5) is 5.69 Å². The molecule has 0 heterocycles. The Bertz CT molecular complexity index is 317. The number of phenolic OH excluding ortho intramolecular Hbond substituents is 1. The van der Waals surface area contributed by atoms with Crippen molar-refractivity contribution in [3.8, 4) is 5.75 Å². The maximum atomic E-state index is 9.24. The number of halogens is 1. The highest BCUT2D eigenvalue weighted by Gasteiger charge is 2.03. The number of nitrogens with one attached hydrogen (secondary N) is 1. The molecular formula is C11H16ClNO2. The Morgan fingerprint density at radius 3 is 2.87 bits per heavy atom. The molecule has 0 aliphatic carbocycles. The molecule has 1 aromatic rings. The number of benzene rings is 1.